The van der Waals surface area contributed by atoms with E-state index in [1.54, 1.807) is 0 Å². The predicted octanol–water partition coefficient (Wildman–Crippen LogP) is 5.70. The average Bonchev–Trinajstić information content (AvgIpc) is 2.41. The van der Waals surface area contributed by atoms with Gasteiger partial charge in [-0.25, -0.2) is 0 Å². The van der Waals surface area contributed by atoms with E-state index in [0.717, 1.165) is 33.3 Å². The van der Waals surface area contributed by atoms with Gasteiger partial charge in [0, 0.05) is 15.4 Å². The van der Waals surface area contributed by atoms with Gasteiger partial charge in [-0.2, -0.15) is 0 Å². The fourth-order valence-electron chi connectivity index (χ4n) is 1.77. The summed E-state index contributed by atoms with van der Waals surface area (Å²) in [7, 11) is 0. The Balaban J connectivity index is 2.33. The van der Waals surface area contributed by atoms with Crippen LogP contribution in [-0.4, -0.2) is 0 Å². The number of alkyl halides is 1. The third-order valence-electron chi connectivity index (χ3n) is 2.74. The first-order valence-corrected chi connectivity index (χ1v) is 7.76. The van der Waals surface area contributed by atoms with Crippen LogP contribution in [0.4, 0.5) is 0 Å². The number of hydrogen-bond acceptors (Lipinski definition) is 1. The van der Waals surface area contributed by atoms with Gasteiger partial charge in [0.15, 0.2) is 0 Å². The number of benzene rings is 2. The summed E-state index contributed by atoms with van der Waals surface area (Å²) in [5, 5.41) is 0.774. The van der Waals surface area contributed by atoms with Gasteiger partial charge in [-0.15, -0.1) is 0 Å². The van der Waals surface area contributed by atoms with Crippen molar-refractivity contribution in [1.82, 2.24) is 0 Å². The van der Waals surface area contributed by atoms with Crippen molar-refractivity contribution in [2.24, 2.45) is 0 Å². The van der Waals surface area contributed by atoms with Crippen molar-refractivity contribution in [2.75, 3.05) is 0 Å². The molecule has 0 saturated carbocycles. The molecule has 2 aromatic carbocycles. The maximum Gasteiger partial charge on any atom is 0.131 e. The minimum absolute atomic E-state index is 0.774. The normalized spacial score (nSPS) is 10.4. The fraction of sp³-hybridized carbons (Fsp3) is 0.200. The first kappa shape index (κ1) is 13.6. The van der Waals surface area contributed by atoms with Gasteiger partial charge in [-0.3, -0.25) is 0 Å². The lowest BCUT2D eigenvalue weighted by Crippen LogP contribution is -1.93. The van der Waals surface area contributed by atoms with E-state index in [1.807, 2.05) is 30.3 Å². The van der Waals surface area contributed by atoms with Gasteiger partial charge in [0.25, 0.3) is 0 Å². The third kappa shape index (κ3) is 3.15. The van der Waals surface area contributed by atoms with E-state index in [1.165, 1.54) is 5.56 Å². The van der Waals surface area contributed by atoms with Crippen molar-refractivity contribution in [1.29, 1.82) is 0 Å². The highest BCUT2D eigenvalue weighted by atomic mass is 79.9. The fourth-order valence-corrected chi connectivity index (χ4v) is 2.61. The molecule has 0 spiro atoms. The summed E-state index contributed by atoms with van der Waals surface area (Å²) in [4.78, 5) is 0. The van der Waals surface area contributed by atoms with E-state index in [4.69, 9.17) is 4.74 Å². The standard InChI is InChI=1S/C15H14Br2O/c1-2-11-5-3-4-6-14(11)18-15-8-7-13(17)9-12(15)10-16/h3-9H,2,10H2,1H3. The Morgan fingerprint density at radius 3 is 2.44 bits per heavy atom. The molecule has 0 unspecified atom stereocenters. The molecule has 0 fully saturated rings. The molecule has 0 aromatic heterocycles. The molecule has 0 aliphatic rings. The van der Waals surface area contributed by atoms with Gasteiger partial charge in [0.05, 0.1) is 0 Å². The topological polar surface area (TPSA) is 9.23 Å². The van der Waals surface area contributed by atoms with E-state index in [2.05, 4.69) is 50.9 Å². The Kier molecular flexibility index (Phi) is 4.84. The van der Waals surface area contributed by atoms with E-state index in [-0.39, 0.29) is 0 Å². The Labute approximate surface area is 124 Å². The molecular formula is C15H14Br2O. The van der Waals surface area contributed by atoms with Crippen LogP contribution in [0.5, 0.6) is 11.5 Å². The molecule has 0 atom stereocenters. The van der Waals surface area contributed by atoms with E-state index in [0.29, 0.717) is 0 Å². The minimum atomic E-state index is 0.774. The second kappa shape index (κ2) is 6.39. The Morgan fingerprint density at radius 1 is 1.00 bits per heavy atom. The van der Waals surface area contributed by atoms with Crippen LogP contribution in [0, 0.1) is 0 Å². The van der Waals surface area contributed by atoms with Crippen molar-refractivity contribution in [3.05, 3.63) is 58.1 Å². The summed E-state index contributed by atoms with van der Waals surface area (Å²) in [6, 6.07) is 14.2. The van der Waals surface area contributed by atoms with Crippen molar-refractivity contribution >= 4 is 31.9 Å². The Morgan fingerprint density at radius 2 is 1.72 bits per heavy atom. The number of aryl methyl sites for hydroxylation is 1. The quantitative estimate of drug-likeness (QED) is 0.628. The van der Waals surface area contributed by atoms with Gasteiger partial charge in [0.1, 0.15) is 11.5 Å². The molecule has 2 aromatic rings. The maximum absolute atomic E-state index is 6.03. The molecular weight excluding hydrogens is 356 g/mol. The SMILES string of the molecule is CCc1ccccc1Oc1ccc(Br)cc1CBr. The van der Waals surface area contributed by atoms with Crippen LogP contribution in [0.3, 0.4) is 0 Å². The largest absolute Gasteiger partial charge is 0.457 e. The van der Waals surface area contributed by atoms with Crippen LogP contribution in [0.2, 0.25) is 0 Å². The third-order valence-corrected chi connectivity index (χ3v) is 3.84. The van der Waals surface area contributed by atoms with Gasteiger partial charge >= 0.3 is 0 Å². The summed E-state index contributed by atoms with van der Waals surface area (Å²) in [5.41, 5.74) is 2.36. The Hall–Kier alpha value is -0.800. The number of ether oxygens (including phenoxy) is 1. The zero-order valence-corrected chi connectivity index (χ0v) is 13.3. The average molecular weight is 370 g/mol. The molecule has 0 amide bonds. The Bertz CT molecular complexity index is 538. The van der Waals surface area contributed by atoms with Crippen LogP contribution in [0.25, 0.3) is 0 Å². The second-order valence-corrected chi connectivity index (χ2v) is 5.43. The highest BCUT2D eigenvalue weighted by Gasteiger charge is 2.07. The molecule has 0 bridgehead atoms. The van der Waals surface area contributed by atoms with Gasteiger partial charge in [-0.05, 0) is 36.2 Å². The van der Waals surface area contributed by atoms with Crippen molar-refractivity contribution in [3.63, 3.8) is 0 Å². The molecule has 1 nitrogen and oxygen atoms in total. The van der Waals surface area contributed by atoms with Gasteiger partial charge in [0.2, 0.25) is 0 Å². The van der Waals surface area contributed by atoms with Crippen molar-refractivity contribution in [2.45, 2.75) is 18.7 Å². The number of para-hydroxylation sites is 1. The first-order valence-electron chi connectivity index (χ1n) is 5.84. The highest BCUT2D eigenvalue weighted by molar-refractivity contribution is 9.10. The summed E-state index contributed by atoms with van der Waals surface area (Å²) >= 11 is 6.96. The molecule has 0 saturated heterocycles. The smallest absolute Gasteiger partial charge is 0.131 e. The molecule has 3 heteroatoms. The molecule has 94 valence electrons. The zero-order valence-electron chi connectivity index (χ0n) is 10.1. The molecule has 0 heterocycles. The number of rotatable bonds is 4. The van der Waals surface area contributed by atoms with Gasteiger partial charge in [-0.1, -0.05) is 57.0 Å². The van der Waals surface area contributed by atoms with Crippen LogP contribution in [0.1, 0.15) is 18.1 Å². The molecule has 0 aliphatic carbocycles. The maximum atomic E-state index is 6.03. The van der Waals surface area contributed by atoms with Crippen molar-refractivity contribution in [3.8, 4) is 11.5 Å². The molecule has 18 heavy (non-hydrogen) atoms. The first-order chi connectivity index (χ1) is 8.74. The summed E-state index contributed by atoms with van der Waals surface area (Å²) in [6.07, 6.45) is 0.969. The van der Waals surface area contributed by atoms with E-state index >= 15 is 0 Å². The van der Waals surface area contributed by atoms with Crippen LogP contribution in [0.15, 0.2) is 46.9 Å². The van der Waals surface area contributed by atoms with Gasteiger partial charge < -0.3 is 4.74 Å². The lowest BCUT2D eigenvalue weighted by atomic mass is 10.1. The zero-order chi connectivity index (χ0) is 13.0. The van der Waals surface area contributed by atoms with Crippen LogP contribution in [-0.2, 0) is 11.8 Å². The molecule has 0 aliphatic heterocycles. The summed E-state index contributed by atoms with van der Waals surface area (Å²) < 4.78 is 7.09. The predicted molar refractivity (Wildman–Crippen MR) is 82.7 cm³/mol. The number of halogens is 2. The highest BCUT2D eigenvalue weighted by Crippen LogP contribution is 2.31. The van der Waals surface area contributed by atoms with E-state index in [9.17, 15) is 0 Å². The molecule has 2 rings (SSSR count). The second-order valence-electron chi connectivity index (χ2n) is 3.95. The van der Waals surface area contributed by atoms with E-state index < -0.39 is 0 Å². The molecule has 0 radical (unpaired) electrons. The monoisotopic (exact) mass is 368 g/mol. The minimum Gasteiger partial charge on any atom is -0.457 e. The lowest BCUT2D eigenvalue weighted by Gasteiger charge is -2.12. The summed E-state index contributed by atoms with van der Waals surface area (Å²) in [5.74, 6) is 1.83. The van der Waals surface area contributed by atoms with Crippen molar-refractivity contribution < 1.29 is 4.74 Å². The molecule has 0 N–H and O–H groups in total. The lowest BCUT2D eigenvalue weighted by molar-refractivity contribution is 0.473. The number of hydrogen-bond donors (Lipinski definition) is 0. The van der Waals surface area contributed by atoms with Crippen LogP contribution < -0.4 is 4.74 Å². The summed E-state index contributed by atoms with van der Waals surface area (Å²) in [6.45, 7) is 2.13. The van der Waals surface area contributed by atoms with Crippen LogP contribution >= 0.6 is 31.9 Å².